The van der Waals surface area contributed by atoms with E-state index in [2.05, 4.69) is 20.5 Å². The molecule has 2 heterocycles. The molecule has 1 aliphatic carbocycles. The van der Waals surface area contributed by atoms with Crippen molar-refractivity contribution in [2.75, 3.05) is 57.0 Å². The van der Waals surface area contributed by atoms with Crippen LogP contribution in [0.5, 0.6) is 0 Å². The van der Waals surface area contributed by atoms with Gasteiger partial charge in [0, 0.05) is 50.3 Å². The van der Waals surface area contributed by atoms with Crippen LogP contribution >= 0.6 is 12.2 Å². The van der Waals surface area contributed by atoms with Gasteiger partial charge in [0.25, 0.3) is 0 Å². The Hall–Kier alpha value is -1.33. The maximum absolute atomic E-state index is 13.2. The molecule has 0 spiro atoms. The molecule has 1 saturated carbocycles. The van der Waals surface area contributed by atoms with Gasteiger partial charge in [0.1, 0.15) is 0 Å². The number of hydrogen-bond acceptors (Lipinski definition) is 6. The highest BCUT2D eigenvalue weighted by Gasteiger charge is 2.31. The van der Waals surface area contributed by atoms with Gasteiger partial charge in [-0.2, -0.15) is 4.31 Å². The minimum Gasteiger partial charge on any atom is -0.379 e. The predicted molar refractivity (Wildman–Crippen MR) is 132 cm³/mol. The van der Waals surface area contributed by atoms with Gasteiger partial charge in [-0.3, -0.25) is 9.88 Å². The fourth-order valence-corrected chi connectivity index (χ4v) is 6.45. The minimum absolute atomic E-state index is 0.181. The molecular weight excluding hydrogens is 446 g/mol. The van der Waals surface area contributed by atoms with Crippen molar-refractivity contribution in [3.05, 3.63) is 24.5 Å². The molecule has 0 atom stereocenters. The molecule has 1 saturated heterocycles. The van der Waals surface area contributed by atoms with Crippen molar-refractivity contribution >= 4 is 33.0 Å². The quantitative estimate of drug-likeness (QED) is 0.346. The summed E-state index contributed by atoms with van der Waals surface area (Å²) in [7, 11) is -3.25. The molecule has 3 rings (SSSR count). The van der Waals surface area contributed by atoms with Crippen molar-refractivity contribution < 1.29 is 13.2 Å². The Morgan fingerprint density at radius 3 is 2.59 bits per heavy atom. The molecular formula is C22H37N5O3S2. The molecule has 8 nitrogen and oxygen atoms in total. The van der Waals surface area contributed by atoms with Gasteiger partial charge in [-0.1, -0.05) is 12.8 Å². The number of rotatable bonds is 12. The lowest BCUT2D eigenvalue weighted by atomic mass is 10.2. The molecule has 10 heteroatoms. The van der Waals surface area contributed by atoms with Gasteiger partial charge < -0.3 is 15.4 Å². The molecule has 1 aromatic heterocycles. The summed E-state index contributed by atoms with van der Waals surface area (Å²) in [6.45, 7) is 5.66. The van der Waals surface area contributed by atoms with Crippen LogP contribution in [0.3, 0.4) is 0 Å². The van der Waals surface area contributed by atoms with Gasteiger partial charge in [-0.25, -0.2) is 8.42 Å². The van der Waals surface area contributed by atoms with E-state index in [9.17, 15) is 8.42 Å². The van der Waals surface area contributed by atoms with Crippen LogP contribution in [0.4, 0.5) is 5.69 Å². The Morgan fingerprint density at radius 1 is 1.16 bits per heavy atom. The van der Waals surface area contributed by atoms with E-state index in [1.165, 1.54) is 0 Å². The monoisotopic (exact) mass is 483 g/mol. The van der Waals surface area contributed by atoms with Crippen LogP contribution in [-0.4, -0.2) is 85.5 Å². The zero-order chi connectivity index (χ0) is 22.7. The first-order valence-electron chi connectivity index (χ1n) is 11.8. The smallest absolute Gasteiger partial charge is 0.214 e. The molecule has 32 heavy (non-hydrogen) atoms. The van der Waals surface area contributed by atoms with E-state index >= 15 is 0 Å². The third kappa shape index (κ3) is 8.55. The number of morpholine rings is 1. The highest BCUT2D eigenvalue weighted by molar-refractivity contribution is 7.89. The number of ether oxygens (including phenoxy) is 1. The largest absolute Gasteiger partial charge is 0.379 e. The Morgan fingerprint density at radius 2 is 1.88 bits per heavy atom. The van der Waals surface area contributed by atoms with E-state index in [0.29, 0.717) is 24.6 Å². The number of anilines is 1. The molecule has 1 aliphatic heterocycles. The predicted octanol–water partition coefficient (Wildman–Crippen LogP) is 2.44. The number of pyridine rings is 1. The van der Waals surface area contributed by atoms with Gasteiger partial charge in [0.05, 0.1) is 19.0 Å². The second-order valence-electron chi connectivity index (χ2n) is 8.50. The van der Waals surface area contributed by atoms with Gasteiger partial charge in [-0.15, -0.1) is 0 Å². The summed E-state index contributed by atoms with van der Waals surface area (Å²) in [6.07, 6.45) is 9.91. The van der Waals surface area contributed by atoms with E-state index in [-0.39, 0.29) is 11.8 Å². The summed E-state index contributed by atoms with van der Waals surface area (Å²) in [4.78, 5) is 6.35. The molecule has 2 fully saturated rings. The second kappa shape index (κ2) is 13.4. The number of thiocarbonyl (C=S) groups is 1. The van der Waals surface area contributed by atoms with Crippen molar-refractivity contribution in [2.24, 2.45) is 0 Å². The van der Waals surface area contributed by atoms with Gasteiger partial charge in [0.2, 0.25) is 10.0 Å². The van der Waals surface area contributed by atoms with Crippen LogP contribution in [0, 0.1) is 0 Å². The second-order valence-corrected chi connectivity index (χ2v) is 10.9. The van der Waals surface area contributed by atoms with Gasteiger partial charge in [-0.05, 0) is 63.0 Å². The zero-order valence-electron chi connectivity index (χ0n) is 18.9. The summed E-state index contributed by atoms with van der Waals surface area (Å²) in [5, 5.41) is 6.78. The first-order chi connectivity index (χ1) is 15.5. The maximum atomic E-state index is 13.2. The van der Waals surface area contributed by atoms with E-state index in [1.807, 2.05) is 16.4 Å². The molecule has 2 aliphatic rings. The first kappa shape index (κ1) is 25.3. The highest BCUT2D eigenvalue weighted by Crippen LogP contribution is 2.26. The molecule has 0 unspecified atom stereocenters. The van der Waals surface area contributed by atoms with E-state index in [4.69, 9.17) is 17.0 Å². The van der Waals surface area contributed by atoms with E-state index < -0.39 is 10.0 Å². The van der Waals surface area contributed by atoms with Crippen LogP contribution in [0.25, 0.3) is 0 Å². The Kier molecular flexibility index (Phi) is 10.6. The molecule has 0 radical (unpaired) electrons. The average Bonchev–Trinajstić information content (AvgIpc) is 3.32. The Bertz CT molecular complexity index is 782. The SMILES string of the molecule is O=S(=O)(CCCCNC(=S)Nc1ccncc1)N(CCCN1CCOCC1)C1CCCC1. The third-order valence-electron chi connectivity index (χ3n) is 6.10. The number of nitrogens with one attached hydrogen (secondary N) is 2. The standard InChI is InChI=1S/C22H37N5O3S2/c28-32(29,19-4-3-10-24-22(31)25-20-8-11-23-12-9-20)27(21-6-1-2-7-21)14-5-13-26-15-17-30-18-16-26/h8-9,11-12,21H,1-7,10,13-19H2,(H2,23,24,25,31). The van der Waals surface area contributed by atoms with Crippen LogP contribution in [0.2, 0.25) is 0 Å². The lowest BCUT2D eigenvalue weighted by molar-refractivity contribution is 0.0366. The fourth-order valence-electron chi connectivity index (χ4n) is 4.36. The van der Waals surface area contributed by atoms with Crippen LogP contribution in [0.1, 0.15) is 44.9 Å². The number of aromatic nitrogens is 1. The molecule has 1 aromatic rings. The summed E-state index contributed by atoms with van der Waals surface area (Å²) in [5.41, 5.74) is 0.879. The van der Waals surface area contributed by atoms with Crippen LogP contribution < -0.4 is 10.6 Å². The number of unbranched alkanes of at least 4 members (excludes halogenated alkanes) is 1. The zero-order valence-corrected chi connectivity index (χ0v) is 20.5. The molecule has 2 N–H and O–H groups in total. The molecule has 0 amide bonds. The van der Waals surface area contributed by atoms with Gasteiger partial charge in [0.15, 0.2) is 5.11 Å². The van der Waals surface area contributed by atoms with Crippen molar-refractivity contribution in [1.82, 2.24) is 19.5 Å². The van der Waals surface area contributed by atoms with Crippen molar-refractivity contribution in [2.45, 2.75) is 51.0 Å². The average molecular weight is 484 g/mol. The van der Waals surface area contributed by atoms with E-state index in [0.717, 1.165) is 77.1 Å². The first-order valence-corrected chi connectivity index (χ1v) is 13.8. The van der Waals surface area contributed by atoms with Crippen molar-refractivity contribution in [3.8, 4) is 0 Å². The normalized spacial score (nSPS) is 18.2. The number of hydrogen-bond donors (Lipinski definition) is 2. The lowest BCUT2D eigenvalue weighted by Crippen LogP contribution is -2.43. The Balaban J connectivity index is 1.39. The summed E-state index contributed by atoms with van der Waals surface area (Å²) < 4.78 is 33.6. The molecule has 0 bridgehead atoms. The highest BCUT2D eigenvalue weighted by atomic mass is 32.2. The van der Waals surface area contributed by atoms with Gasteiger partial charge >= 0.3 is 0 Å². The lowest BCUT2D eigenvalue weighted by Gasteiger charge is -2.30. The van der Waals surface area contributed by atoms with Crippen molar-refractivity contribution in [1.29, 1.82) is 0 Å². The molecule has 180 valence electrons. The third-order valence-corrected chi connectivity index (χ3v) is 8.34. The summed E-state index contributed by atoms with van der Waals surface area (Å²) in [6, 6.07) is 3.87. The summed E-state index contributed by atoms with van der Waals surface area (Å²) >= 11 is 5.29. The molecule has 0 aromatic carbocycles. The van der Waals surface area contributed by atoms with E-state index in [1.54, 1.807) is 12.4 Å². The fraction of sp³-hybridized carbons (Fsp3) is 0.727. The Labute approximate surface area is 198 Å². The summed E-state index contributed by atoms with van der Waals surface area (Å²) in [5.74, 6) is 0.202. The van der Waals surface area contributed by atoms with Crippen LogP contribution in [-0.2, 0) is 14.8 Å². The minimum atomic E-state index is -3.25. The number of sulfonamides is 1. The van der Waals surface area contributed by atoms with Crippen LogP contribution in [0.15, 0.2) is 24.5 Å². The number of nitrogens with zero attached hydrogens (tertiary/aromatic N) is 3. The topological polar surface area (TPSA) is 86.8 Å². The van der Waals surface area contributed by atoms with Crippen molar-refractivity contribution in [3.63, 3.8) is 0 Å². The maximum Gasteiger partial charge on any atom is 0.214 e.